The zero-order chi connectivity index (χ0) is 11.0. The largest absolute Gasteiger partial charge is 0.395 e. The van der Waals surface area contributed by atoms with E-state index >= 15 is 0 Å². The number of carbonyl (C=O) groups is 1. The molecule has 0 unspecified atom stereocenters. The Morgan fingerprint density at radius 3 is 2.36 bits per heavy atom. The van der Waals surface area contributed by atoms with E-state index in [0.717, 1.165) is 18.8 Å². The average molecular weight is 237 g/mol. The molecule has 0 atom stereocenters. The van der Waals surface area contributed by atoms with Crippen LogP contribution in [0.4, 0.5) is 0 Å². The predicted molar refractivity (Wildman–Crippen MR) is 59.7 cm³/mol. The lowest BCUT2D eigenvalue weighted by Gasteiger charge is -2.23. The highest BCUT2D eigenvalue weighted by Crippen LogP contribution is 2.17. The fraction of sp³-hybridized carbons (Fsp3) is 0.667. The molecular formula is C9H17ClO3Si. The molecule has 5 heteroatoms. The molecule has 0 saturated heterocycles. The third-order valence-electron chi connectivity index (χ3n) is 1.98. The number of alkyl halides is 1. The van der Waals surface area contributed by atoms with Crippen molar-refractivity contribution in [2.45, 2.75) is 19.4 Å². The Morgan fingerprint density at radius 2 is 2.00 bits per heavy atom. The summed E-state index contributed by atoms with van der Waals surface area (Å²) in [6.45, 7) is 1.74. The fourth-order valence-electron chi connectivity index (χ4n) is 1.17. The maximum Gasteiger partial charge on any atom is 0.364 e. The molecule has 14 heavy (non-hydrogen) atoms. The summed E-state index contributed by atoms with van der Waals surface area (Å²) in [5, 5.41) is 0. The zero-order valence-corrected chi connectivity index (χ0v) is 10.6. The van der Waals surface area contributed by atoms with Crippen LogP contribution in [0.2, 0.25) is 6.04 Å². The molecule has 0 fully saturated rings. The van der Waals surface area contributed by atoms with E-state index in [1.807, 2.05) is 5.70 Å². The van der Waals surface area contributed by atoms with Gasteiger partial charge in [0.1, 0.15) is 6.29 Å². The van der Waals surface area contributed by atoms with Crippen LogP contribution in [0.3, 0.4) is 0 Å². The molecule has 0 aromatic heterocycles. The highest BCUT2D eigenvalue weighted by atomic mass is 35.5. The van der Waals surface area contributed by atoms with Crippen LogP contribution in [0.15, 0.2) is 11.3 Å². The number of rotatable bonds is 7. The molecule has 0 N–H and O–H groups in total. The third kappa shape index (κ3) is 4.37. The van der Waals surface area contributed by atoms with Gasteiger partial charge in [-0.15, -0.1) is 11.6 Å². The van der Waals surface area contributed by atoms with Crippen molar-refractivity contribution in [2.75, 3.05) is 20.1 Å². The SMILES string of the molecule is CO[Si](C=C(C)C=O)(CCCCl)OC. The van der Waals surface area contributed by atoms with Crippen LogP contribution < -0.4 is 0 Å². The first-order valence-corrected chi connectivity index (χ1v) is 7.08. The molecule has 3 nitrogen and oxygen atoms in total. The van der Waals surface area contributed by atoms with Crippen molar-refractivity contribution in [2.24, 2.45) is 0 Å². The van der Waals surface area contributed by atoms with Gasteiger partial charge in [-0.2, -0.15) is 0 Å². The number of allylic oxidation sites excluding steroid dienone is 1. The Bertz CT molecular complexity index is 202. The van der Waals surface area contributed by atoms with E-state index < -0.39 is 8.56 Å². The number of hydrogen-bond acceptors (Lipinski definition) is 3. The average Bonchev–Trinajstić information content (AvgIpc) is 2.24. The van der Waals surface area contributed by atoms with Gasteiger partial charge in [-0.25, -0.2) is 0 Å². The van der Waals surface area contributed by atoms with Crippen molar-refractivity contribution >= 4 is 26.4 Å². The van der Waals surface area contributed by atoms with Gasteiger partial charge in [-0.3, -0.25) is 4.79 Å². The zero-order valence-electron chi connectivity index (χ0n) is 8.88. The Kier molecular flexibility index (Phi) is 7.09. The quantitative estimate of drug-likeness (QED) is 0.294. The maximum absolute atomic E-state index is 10.5. The van der Waals surface area contributed by atoms with Gasteiger partial charge in [-0.05, 0) is 30.7 Å². The minimum absolute atomic E-state index is 0.579. The normalized spacial score (nSPS) is 13.0. The van der Waals surface area contributed by atoms with E-state index in [9.17, 15) is 4.79 Å². The van der Waals surface area contributed by atoms with Gasteiger partial charge in [0.05, 0.1) is 0 Å². The van der Waals surface area contributed by atoms with E-state index in [0.29, 0.717) is 11.5 Å². The van der Waals surface area contributed by atoms with Crippen molar-refractivity contribution in [1.82, 2.24) is 0 Å². The molecule has 82 valence electrons. The van der Waals surface area contributed by atoms with Gasteiger partial charge in [0.2, 0.25) is 0 Å². The second-order valence-electron chi connectivity index (χ2n) is 3.02. The minimum Gasteiger partial charge on any atom is -0.395 e. The molecule has 0 aromatic rings. The van der Waals surface area contributed by atoms with Crippen LogP contribution >= 0.6 is 11.6 Å². The fourth-order valence-corrected chi connectivity index (χ4v) is 3.92. The summed E-state index contributed by atoms with van der Waals surface area (Å²) < 4.78 is 10.8. The summed E-state index contributed by atoms with van der Waals surface area (Å²) in [6.07, 6.45) is 1.64. The number of carbonyl (C=O) groups excluding carboxylic acids is 1. The van der Waals surface area contributed by atoms with Gasteiger partial charge >= 0.3 is 8.56 Å². The van der Waals surface area contributed by atoms with Crippen LogP contribution in [0, 0.1) is 0 Å². The highest BCUT2D eigenvalue weighted by molar-refractivity contribution is 6.73. The molecule has 0 rings (SSSR count). The van der Waals surface area contributed by atoms with Crippen LogP contribution in [0.5, 0.6) is 0 Å². The molecule has 0 bridgehead atoms. The topological polar surface area (TPSA) is 35.5 Å². The van der Waals surface area contributed by atoms with Gasteiger partial charge in [0.25, 0.3) is 0 Å². The Balaban J connectivity index is 4.59. The Labute approximate surface area is 91.3 Å². The van der Waals surface area contributed by atoms with Gasteiger partial charge in [0.15, 0.2) is 0 Å². The van der Waals surface area contributed by atoms with Crippen LogP contribution in [0.25, 0.3) is 0 Å². The van der Waals surface area contributed by atoms with Crippen molar-refractivity contribution in [3.63, 3.8) is 0 Å². The summed E-state index contributed by atoms with van der Waals surface area (Å²) in [5.41, 5.74) is 2.46. The maximum atomic E-state index is 10.5. The van der Waals surface area contributed by atoms with Crippen LogP contribution in [-0.4, -0.2) is 34.9 Å². The number of halogens is 1. The van der Waals surface area contributed by atoms with E-state index in [4.69, 9.17) is 20.5 Å². The van der Waals surface area contributed by atoms with Gasteiger partial charge < -0.3 is 8.85 Å². The summed E-state index contributed by atoms with van der Waals surface area (Å²) in [4.78, 5) is 10.5. The molecule has 0 aliphatic rings. The Morgan fingerprint density at radius 1 is 1.43 bits per heavy atom. The predicted octanol–water partition coefficient (Wildman–Crippen LogP) is 2.03. The number of hydrogen-bond donors (Lipinski definition) is 0. The lowest BCUT2D eigenvalue weighted by Crippen LogP contribution is -2.38. The lowest BCUT2D eigenvalue weighted by molar-refractivity contribution is -0.104. The molecule has 0 saturated carbocycles. The van der Waals surface area contributed by atoms with E-state index in [1.54, 1.807) is 21.1 Å². The molecule has 0 amide bonds. The summed E-state index contributed by atoms with van der Waals surface area (Å²) in [5.74, 6) is 0.579. The Hall–Kier alpha value is -0.163. The van der Waals surface area contributed by atoms with Crippen molar-refractivity contribution in [3.8, 4) is 0 Å². The van der Waals surface area contributed by atoms with Crippen LogP contribution in [-0.2, 0) is 13.6 Å². The van der Waals surface area contributed by atoms with Crippen molar-refractivity contribution in [3.05, 3.63) is 11.3 Å². The monoisotopic (exact) mass is 236 g/mol. The molecular weight excluding hydrogens is 220 g/mol. The molecule has 0 aliphatic heterocycles. The second-order valence-corrected chi connectivity index (χ2v) is 6.63. The van der Waals surface area contributed by atoms with E-state index in [-0.39, 0.29) is 0 Å². The molecule has 0 aromatic carbocycles. The first-order valence-electron chi connectivity index (χ1n) is 4.45. The minimum atomic E-state index is -2.33. The number of aldehydes is 1. The first kappa shape index (κ1) is 13.8. The standard InChI is InChI=1S/C9H17ClO3Si/c1-9(7-11)8-14(12-2,13-3)6-4-5-10/h7-8H,4-6H2,1-3H3. The van der Waals surface area contributed by atoms with Crippen molar-refractivity contribution in [1.29, 1.82) is 0 Å². The lowest BCUT2D eigenvalue weighted by atomic mass is 10.4. The smallest absolute Gasteiger partial charge is 0.364 e. The second kappa shape index (κ2) is 7.17. The first-order chi connectivity index (χ1) is 6.64. The van der Waals surface area contributed by atoms with E-state index in [1.165, 1.54) is 0 Å². The van der Waals surface area contributed by atoms with Crippen molar-refractivity contribution < 1.29 is 13.6 Å². The molecule has 0 radical (unpaired) electrons. The van der Waals surface area contributed by atoms with Gasteiger partial charge in [-0.1, -0.05) is 0 Å². The van der Waals surface area contributed by atoms with E-state index in [2.05, 4.69) is 0 Å². The highest BCUT2D eigenvalue weighted by Gasteiger charge is 2.32. The molecule has 0 aliphatic carbocycles. The van der Waals surface area contributed by atoms with Crippen LogP contribution in [0.1, 0.15) is 13.3 Å². The molecule has 0 heterocycles. The summed E-state index contributed by atoms with van der Waals surface area (Å²) in [7, 11) is 0.893. The van der Waals surface area contributed by atoms with Gasteiger partial charge in [0, 0.05) is 20.1 Å². The summed E-state index contributed by atoms with van der Waals surface area (Å²) in [6, 6.07) is 0.773. The molecule has 0 spiro atoms. The third-order valence-corrected chi connectivity index (χ3v) is 5.58. The summed E-state index contributed by atoms with van der Waals surface area (Å²) >= 11 is 5.61.